The molecule has 1 saturated heterocycles. The SMILES string of the molecule is CC1(C)CCCC(C)(C)N1.c1ccc(-c2ccccc2Nc2ccccc2-c2ccc(-c3ccccc3Nc3ccccc3-c3ccccc3)cc2)cc1.c1ccc2c(c1)B1c3cc4c(cc3-c3ccccc3N1c1ccccc1-2)B1c2ccccc2-c2ccccc2N1c1ccccc1-4. The van der Waals surface area contributed by atoms with Crippen LogP contribution in [0, 0.1) is 0 Å². The van der Waals surface area contributed by atoms with Gasteiger partial charge in [-0.3, -0.25) is 0 Å². The van der Waals surface area contributed by atoms with Crippen LogP contribution < -0.4 is 47.4 Å². The Morgan fingerprint density at radius 2 is 0.500 bits per heavy atom. The number of hydrogen-bond donors (Lipinski definition) is 3. The Balaban J connectivity index is 0.000000132. The number of nitrogens with one attached hydrogen (secondary N) is 3. The second-order valence-electron chi connectivity index (χ2n) is 28.3. The third-order valence-corrected chi connectivity index (χ3v) is 20.9. The number of para-hydroxylation sites is 8. The predicted molar refractivity (Wildman–Crippen MR) is 428 cm³/mol. The second-order valence-corrected chi connectivity index (χ2v) is 28.3. The van der Waals surface area contributed by atoms with Crippen molar-refractivity contribution in [3.8, 4) is 89.0 Å². The van der Waals surface area contributed by atoms with E-state index in [0.29, 0.717) is 11.1 Å². The smallest absolute Gasteiger partial charge is 0.329 e. The van der Waals surface area contributed by atoms with Gasteiger partial charge in [-0.25, -0.2) is 0 Å². The summed E-state index contributed by atoms with van der Waals surface area (Å²) in [4.78, 5) is 5.18. The van der Waals surface area contributed by atoms with Crippen LogP contribution >= 0.6 is 0 Å². The van der Waals surface area contributed by atoms with Crippen LogP contribution in [0.25, 0.3) is 89.0 Å². The van der Waals surface area contributed by atoms with Crippen molar-refractivity contribution in [1.29, 1.82) is 0 Å². The second kappa shape index (κ2) is 26.0. The molecule has 0 atom stereocenters. The highest BCUT2D eigenvalue weighted by Crippen LogP contribution is 2.50. The number of rotatable bonds is 8. The van der Waals surface area contributed by atoms with Crippen molar-refractivity contribution in [3.63, 3.8) is 0 Å². The van der Waals surface area contributed by atoms with E-state index in [0.717, 1.165) is 45.0 Å². The fourth-order valence-corrected chi connectivity index (χ4v) is 16.6. The van der Waals surface area contributed by atoms with Crippen LogP contribution in [0.1, 0.15) is 47.0 Å². The number of piperidine rings is 1. The Kier molecular flexibility index (Phi) is 16.1. The van der Waals surface area contributed by atoms with E-state index in [1.54, 1.807) is 0 Å². The Morgan fingerprint density at radius 1 is 0.250 bits per heavy atom. The first kappa shape index (κ1) is 61.9. The van der Waals surface area contributed by atoms with Crippen LogP contribution in [0.5, 0.6) is 0 Å². The summed E-state index contributed by atoms with van der Waals surface area (Å²) in [5.41, 5.74) is 35.4. The first-order chi connectivity index (χ1) is 49.1. The van der Waals surface area contributed by atoms with Gasteiger partial charge in [-0.05, 0) is 162 Å². The maximum absolute atomic E-state index is 3.73. The number of anilines is 8. The standard InChI is InChI=1S/C42H26B2N2.C42H32N2.C9H19N/c1-7-19-35-27(13-1)29-15-3-9-21-39(29)45-41-23-11-5-17-31(41)33-26-38-34(25-37(33)43(35)45)32-18-6-12-24-42(32)46-40-22-10-4-16-30(40)28-14-2-8-20-36(28)44(38)46;1-3-15-31(16-4-1)35-19-7-11-23-39(35)43-41-25-13-9-21-37(41)33-27-29-34(30-28-33)38-22-10-14-26-42(38)44-40-24-12-8-20-36(40)32-17-5-2-6-18-32;1-8(2)6-5-7-9(3,4)10-8/h1-26H;1-30,43-44H;10H,5-7H2,1-4H3. The van der Waals surface area contributed by atoms with E-state index in [-0.39, 0.29) is 13.7 Å². The zero-order valence-corrected chi connectivity index (χ0v) is 57.0. The third-order valence-electron chi connectivity index (χ3n) is 20.9. The van der Waals surface area contributed by atoms with E-state index < -0.39 is 0 Å². The maximum atomic E-state index is 3.73. The summed E-state index contributed by atoms with van der Waals surface area (Å²) in [5.74, 6) is 0. The highest BCUT2D eigenvalue weighted by Gasteiger charge is 2.47. The molecular formula is C93H77B2N5. The molecule has 7 heteroatoms. The lowest BCUT2D eigenvalue weighted by Gasteiger charge is -2.46. The molecule has 14 aromatic rings. The zero-order valence-electron chi connectivity index (χ0n) is 57.0. The van der Waals surface area contributed by atoms with Gasteiger partial charge in [-0.1, -0.05) is 291 Å². The van der Waals surface area contributed by atoms with E-state index in [1.807, 2.05) is 0 Å². The number of benzene rings is 14. The van der Waals surface area contributed by atoms with E-state index in [9.17, 15) is 0 Å². The first-order valence-electron chi connectivity index (χ1n) is 35.3. The van der Waals surface area contributed by atoms with Gasteiger partial charge in [0, 0.05) is 101 Å². The minimum absolute atomic E-state index is 0.0749. The normalized spacial score (nSPS) is 14.1. The maximum Gasteiger partial charge on any atom is 0.329 e. The molecule has 0 amide bonds. The fraction of sp³-hybridized carbons (Fsp3) is 0.0968. The molecule has 0 saturated carbocycles. The predicted octanol–water partition coefficient (Wildman–Crippen LogP) is 21.7. The van der Waals surface area contributed by atoms with Gasteiger partial charge in [0.15, 0.2) is 0 Å². The van der Waals surface area contributed by atoms with Gasteiger partial charge in [0.25, 0.3) is 0 Å². The molecule has 5 heterocycles. The van der Waals surface area contributed by atoms with Crippen LogP contribution in [-0.4, -0.2) is 24.8 Å². The molecule has 1 fully saturated rings. The first-order valence-corrected chi connectivity index (χ1v) is 35.3. The van der Waals surface area contributed by atoms with Crippen LogP contribution in [0.2, 0.25) is 0 Å². The van der Waals surface area contributed by atoms with Gasteiger partial charge in [0.2, 0.25) is 0 Å². The Morgan fingerprint density at radius 3 is 0.810 bits per heavy atom. The molecule has 0 aromatic heterocycles. The van der Waals surface area contributed by atoms with Gasteiger partial charge in [-0.15, -0.1) is 0 Å². The molecule has 0 spiro atoms. The molecule has 100 heavy (non-hydrogen) atoms. The van der Waals surface area contributed by atoms with Gasteiger partial charge in [0.05, 0.1) is 0 Å². The van der Waals surface area contributed by atoms with Crippen molar-refractivity contribution in [2.24, 2.45) is 0 Å². The summed E-state index contributed by atoms with van der Waals surface area (Å²) in [6.07, 6.45) is 4.00. The van der Waals surface area contributed by atoms with Crippen molar-refractivity contribution >= 4 is 81.0 Å². The minimum atomic E-state index is 0.0749. The molecule has 5 nitrogen and oxygen atoms in total. The number of nitrogens with zero attached hydrogens (tertiary/aromatic N) is 2. The molecule has 14 aromatic carbocycles. The minimum Gasteiger partial charge on any atom is -0.376 e. The quantitative estimate of drug-likeness (QED) is 0.132. The summed E-state index contributed by atoms with van der Waals surface area (Å²) >= 11 is 0. The van der Waals surface area contributed by atoms with E-state index in [4.69, 9.17) is 0 Å². The van der Waals surface area contributed by atoms with Crippen LogP contribution in [-0.2, 0) is 0 Å². The fourth-order valence-electron chi connectivity index (χ4n) is 16.6. The molecule has 5 aliphatic heterocycles. The highest BCUT2D eigenvalue weighted by molar-refractivity contribution is 6.94. The Bertz CT molecular complexity index is 5040. The van der Waals surface area contributed by atoms with Crippen LogP contribution in [0.15, 0.2) is 340 Å². The summed E-state index contributed by atoms with van der Waals surface area (Å²) in [5, 5.41) is 11.1. The molecular weight excluding hydrogens is 1210 g/mol. The van der Waals surface area contributed by atoms with Crippen molar-refractivity contribution in [3.05, 3.63) is 340 Å². The van der Waals surface area contributed by atoms with Crippen molar-refractivity contribution in [2.75, 3.05) is 20.3 Å². The van der Waals surface area contributed by atoms with Crippen LogP contribution in [0.3, 0.4) is 0 Å². The molecule has 19 rings (SSSR count). The van der Waals surface area contributed by atoms with E-state index in [2.05, 4.69) is 393 Å². The average molecular weight is 1290 g/mol. The molecule has 0 aliphatic carbocycles. The molecule has 5 aliphatic rings. The van der Waals surface area contributed by atoms with Crippen molar-refractivity contribution in [1.82, 2.24) is 5.32 Å². The highest BCUT2D eigenvalue weighted by atomic mass is 15.1. The van der Waals surface area contributed by atoms with Crippen molar-refractivity contribution < 1.29 is 0 Å². The van der Waals surface area contributed by atoms with Gasteiger partial charge in [-0.2, -0.15) is 0 Å². The topological polar surface area (TPSA) is 42.6 Å². The molecule has 0 bridgehead atoms. The van der Waals surface area contributed by atoms with Gasteiger partial charge < -0.3 is 25.6 Å². The molecule has 480 valence electrons. The van der Waals surface area contributed by atoms with E-state index in [1.165, 1.54) is 131 Å². The molecule has 3 N–H and O–H groups in total. The monoisotopic (exact) mass is 1290 g/mol. The summed E-state index contributed by atoms with van der Waals surface area (Å²) < 4.78 is 0. The van der Waals surface area contributed by atoms with Gasteiger partial charge >= 0.3 is 13.7 Å². The summed E-state index contributed by atoms with van der Waals surface area (Å²) in [7, 11) is 0. The zero-order chi connectivity index (χ0) is 67.3. The Hall–Kier alpha value is -11.6. The largest absolute Gasteiger partial charge is 0.376 e. The Labute approximate surface area is 589 Å². The lowest BCUT2D eigenvalue weighted by Crippen LogP contribution is -2.62. The average Bonchev–Trinajstić information content (AvgIpc) is 0.694. The molecule has 0 unspecified atom stereocenters. The third kappa shape index (κ3) is 11.5. The summed E-state index contributed by atoms with van der Waals surface area (Å²) in [6, 6.07) is 123. The lowest BCUT2D eigenvalue weighted by molar-refractivity contribution is 0.183. The lowest BCUT2D eigenvalue weighted by atomic mass is 9.40. The number of hydrogen-bond acceptors (Lipinski definition) is 5. The molecule has 0 radical (unpaired) electrons. The van der Waals surface area contributed by atoms with Crippen LogP contribution in [0.4, 0.5) is 45.5 Å². The van der Waals surface area contributed by atoms with Crippen molar-refractivity contribution in [2.45, 2.75) is 58.0 Å². The summed E-state index contributed by atoms with van der Waals surface area (Å²) in [6.45, 7) is 9.29. The van der Waals surface area contributed by atoms with Gasteiger partial charge in [0.1, 0.15) is 0 Å². The number of fused-ring (bicyclic) bond motifs is 22. The van der Waals surface area contributed by atoms with E-state index >= 15 is 0 Å².